The van der Waals surface area contributed by atoms with Gasteiger partial charge < -0.3 is 20.5 Å². The molecule has 0 aliphatic heterocycles. The van der Waals surface area contributed by atoms with Crippen LogP contribution in [-0.2, 0) is 20.8 Å². The summed E-state index contributed by atoms with van der Waals surface area (Å²) in [5.74, 6) is -0.851. The molecule has 8 heteroatoms. The van der Waals surface area contributed by atoms with Crippen molar-refractivity contribution in [1.29, 1.82) is 0 Å². The second kappa shape index (κ2) is 10.3. The highest BCUT2D eigenvalue weighted by molar-refractivity contribution is 7.10. The number of hydrogen-bond donors (Lipinski definition) is 3. The van der Waals surface area contributed by atoms with Gasteiger partial charge in [0.15, 0.2) is 6.61 Å². The van der Waals surface area contributed by atoms with E-state index in [1.807, 2.05) is 29.6 Å². The van der Waals surface area contributed by atoms with Crippen LogP contribution in [0.15, 0.2) is 41.8 Å². The standard InChI is InChI=1S/C19H22N2O5S/c1-13(22)21-16(17-3-2-10-27-17)11-18(23)20-9-8-14-4-6-15(7-5-14)26-12-19(24)25/h2-7,10,16H,8-9,11-12H2,1H3,(H,20,23)(H,21,22)(H,24,25). The van der Waals surface area contributed by atoms with E-state index in [0.717, 1.165) is 10.4 Å². The minimum Gasteiger partial charge on any atom is -0.482 e. The Morgan fingerprint density at radius 1 is 1.19 bits per heavy atom. The van der Waals surface area contributed by atoms with Crippen LogP contribution >= 0.6 is 11.3 Å². The normalized spacial score (nSPS) is 11.4. The number of thiophene rings is 1. The maximum atomic E-state index is 12.2. The Hall–Kier alpha value is -2.87. The minimum absolute atomic E-state index is 0.136. The number of ether oxygens (including phenoxy) is 1. The zero-order chi connectivity index (χ0) is 19.6. The smallest absolute Gasteiger partial charge is 0.341 e. The van der Waals surface area contributed by atoms with E-state index < -0.39 is 5.97 Å². The molecule has 0 aliphatic rings. The van der Waals surface area contributed by atoms with E-state index in [1.165, 1.54) is 18.3 Å². The van der Waals surface area contributed by atoms with Gasteiger partial charge >= 0.3 is 5.97 Å². The SMILES string of the molecule is CC(=O)NC(CC(=O)NCCc1ccc(OCC(=O)O)cc1)c1cccs1. The summed E-state index contributed by atoms with van der Waals surface area (Å²) in [4.78, 5) is 35.0. The minimum atomic E-state index is -1.03. The van der Waals surface area contributed by atoms with E-state index in [-0.39, 0.29) is 30.9 Å². The Bertz CT molecular complexity index is 759. The Labute approximate surface area is 161 Å². The molecule has 1 aromatic carbocycles. The molecule has 27 heavy (non-hydrogen) atoms. The van der Waals surface area contributed by atoms with Crippen molar-refractivity contribution in [3.8, 4) is 5.75 Å². The lowest BCUT2D eigenvalue weighted by Gasteiger charge is -2.16. The average molecular weight is 390 g/mol. The number of benzene rings is 1. The first-order valence-corrected chi connectivity index (χ1v) is 9.32. The third-order valence-corrected chi connectivity index (χ3v) is 4.66. The molecule has 1 unspecified atom stereocenters. The Balaban J connectivity index is 1.77. The van der Waals surface area contributed by atoms with E-state index in [4.69, 9.17) is 9.84 Å². The van der Waals surface area contributed by atoms with Crippen LogP contribution in [0, 0.1) is 0 Å². The summed E-state index contributed by atoms with van der Waals surface area (Å²) in [6.45, 7) is 1.52. The summed E-state index contributed by atoms with van der Waals surface area (Å²) in [5.41, 5.74) is 0.995. The molecule has 3 N–H and O–H groups in total. The topological polar surface area (TPSA) is 105 Å². The van der Waals surface area contributed by atoms with Gasteiger partial charge in [-0.2, -0.15) is 0 Å². The van der Waals surface area contributed by atoms with E-state index in [9.17, 15) is 14.4 Å². The van der Waals surface area contributed by atoms with E-state index in [0.29, 0.717) is 18.7 Å². The van der Waals surface area contributed by atoms with Crippen LogP contribution in [-0.4, -0.2) is 36.0 Å². The van der Waals surface area contributed by atoms with Gasteiger partial charge in [-0.3, -0.25) is 9.59 Å². The van der Waals surface area contributed by atoms with Crippen molar-refractivity contribution < 1.29 is 24.2 Å². The van der Waals surface area contributed by atoms with Crippen LogP contribution in [0.2, 0.25) is 0 Å². The molecular weight excluding hydrogens is 368 g/mol. The average Bonchev–Trinajstić information content (AvgIpc) is 3.14. The van der Waals surface area contributed by atoms with Crippen molar-refractivity contribution in [2.45, 2.75) is 25.8 Å². The lowest BCUT2D eigenvalue weighted by Crippen LogP contribution is -2.33. The molecule has 7 nitrogen and oxygen atoms in total. The molecule has 0 bridgehead atoms. The first-order chi connectivity index (χ1) is 12.9. The molecule has 0 aliphatic carbocycles. The van der Waals surface area contributed by atoms with Crippen LogP contribution in [0.1, 0.15) is 29.8 Å². The first-order valence-electron chi connectivity index (χ1n) is 8.45. The van der Waals surface area contributed by atoms with Gasteiger partial charge in [0, 0.05) is 18.3 Å². The Morgan fingerprint density at radius 3 is 2.52 bits per heavy atom. The lowest BCUT2D eigenvalue weighted by molar-refractivity contribution is -0.139. The van der Waals surface area contributed by atoms with Crippen LogP contribution in [0.4, 0.5) is 0 Å². The van der Waals surface area contributed by atoms with Crippen molar-refractivity contribution in [3.05, 3.63) is 52.2 Å². The monoisotopic (exact) mass is 390 g/mol. The highest BCUT2D eigenvalue weighted by Gasteiger charge is 2.17. The predicted octanol–water partition coefficient (Wildman–Crippen LogP) is 2.14. The van der Waals surface area contributed by atoms with E-state index in [2.05, 4.69) is 10.6 Å². The van der Waals surface area contributed by atoms with Gasteiger partial charge in [-0.15, -0.1) is 11.3 Å². The fraction of sp³-hybridized carbons (Fsp3) is 0.316. The van der Waals surface area contributed by atoms with Crippen LogP contribution < -0.4 is 15.4 Å². The maximum Gasteiger partial charge on any atom is 0.341 e. The summed E-state index contributed by atoms with van der Waals surface area (Å²) in [5, 5.41) is 16.1. The van der Waals surface area contributed by atoms with E-state index >= 15 is 0 Å². The van der Waals surface area contributed by atoms with Gasteiger partial charge in [0.25, 0.3) is 0 Å². The molecular formula is C19H22N2O5S. The molecule has 1 atom stereocenters. The van der Waals surface area contributed by atoms with Crippen molar-refractivity contribution in [2.75, 3.05) is 13.2 Å². The molecule has 0 saturated carbocycles. The largest absolute Gasteiger partial charge is 0.482 e. The van der Waals surface area contributed by atoms with Crippen LogP contribution in [0.5, 0.6) is 5.75 Å². The third-order valence-electron chi connectivity index (χ3n) is 3.68. The van der Waals surface area contributed by atoms with Gasteiger partial charge in [0.05, 0.1) is 12.5 Å². The lowest BCUT2D eigenvalue weighted by atomic mass is 10.1. The Kier molecular flexibility index (Phi) is 7.81. The predicted molar refractivity (Wildman–Crippen MR) is 102 cm³/mol. The van der Waals surface area contributed by atoms with Crippen LogP contribution in [0.3, 0.4) is 0 Å². The van der Waals surface area contributed by atoms with Gasteiger partial charge in [-0.25, -0.2) is 4.79 Å². The van der Waals surface area contributed by atoms with Gasteiger partial charge in [-0.1, -0.05) is 18.2 Å². The summed E-state index contributed by atoms with van der Waals surface area (Å²) in [6, 6.07) is 10.5. The number of rotatable bonds is 10. The number of nitrogens with one attached hydrogen (secondary N) is 2. The number of carbonyl (C=O) groups is 3. The quantitative estimate of drug-likeness (QED) is 0.576. The number of carboxylic acid groups (broad SMARTS) is 1. The maximum absolute atomic E-state index is 12.2. The van der Waals surface area contributed by atoms with Crippen molar-refractivity contribution >= 4 is 29.1 Å². The van der Waals surface area contributed by atoms with Crippen molar-refractivity contribution in [1.82, 2.24) is 10.6 Å². The second-order valence-electron chi connectivity index (χ2n) is 5.90. The van der Waals surface area contributed by atoms with Gasteiger partial charge in [0.1, 0.15) is 5.75 Å². The highest BCUT2D eigenvalue weighted by Crippen LogP contribution is 2.22. The fourth-order valence-electron chi connectivity index (χ4n) is 2.46. The molecule has 2 amide bonds. The summed E-state index contributed by atoms with van der Waals surface area (Å²) in [6.07, 6.45) is 0.816. The van der Waals surface area contributed by atoms with Crippen LogP contribution in [0.25, 0.3) is 0 Å². The summed E-state index contributed by atoms with van der Waals surface area (Å²) < 4.78 is 5.07. The molecule has 0 saturated heterocycles. The Morgan fingerprint density at radius 2 is 1.93 bits per heavy atom. The number of amides is 2. The summed E-state index contributed by atoms with van der Waals surface area (Å²) >= 11 is 1.50. The van der Waals surface area contributed by atoms with Gasteiger partial charge in [0.2, 0.25) is 11.8 Å². The van der Waals surface area contributed by atoms with Crippen molar-refractivity contribution in [2.24, 2.45) is 0 Å². The fourth-order valence-corrected chi connectivity index (χ4v) is 3.24. The van der Waals surface area contributed by atoms with Gasteiger partial charge in [-0.05, 0) is 35.6 Å². The summed E-state index contributed by atoms with van der Waals surface area (Å²) in [7, 11) is 0. The zero-order valence-electron chi connectivity index (χ0n) is 14.9. The molecule has 1 aromatic heterocycles. The number of hydrogen-bond acceptors (Lipinski definition) is 5. The van der Waals surface area contributed by atoms with E-state index in [1.54, 1.807) is 12.1 Å². The number of carboxylic acids is 1. The molecule has 0 fully saturated rings. The second-order valence-corrected chi connectivity index (χ2v) is 6.88. The molecule has 144 valence electrons. The highest BCUT2D eigenvalue weighted by atomic mass is 32.1. The number of aliphatic carboxylic acids is 1. The van der Waals surface area contributed by atoms with Crippen molar-refractivity contribution in [3.63, 3.8) is 0 Å². The molecule has 1 heterocycles. The number of carbonyl (C=O) groups excluding carboxylic acids is 2. The molecule has 2 aromatic rings. The third kappa shape index (κ3) is 7.49. The molecule has 0 radical (unpaired) electrons. The first kappa shape index (κ1) is 20.4. The molecule has 2 rings (SSSR count). The zero-order valence-corrected chi connectivity index (χ0v) is 15.8. The molecule has 0 spiro atoms.